The van der Waals surface area contributed by atoms with Crippen LogP contribution in [0, 0.1) is 0 Å². The van der Waals surface area contributed by atoms with E-state index in [1.807, 2.05) is 0 Å². The third kappa shape index (κ3) is 3.61. The summed E-state index contributed by atoms with van der Waals surface area (Å²) in [5.41, 5.74) is 0. The van der Waals surface area contributed by atoms with Gasteiger partial charge in [0.15, 0.2) is 0 Å². The van der Waals surface area contributed by atoms with E-state index >= 15 is 0 Å². The van der Waals surface area contributed by atoms with Crippen LogP contribution in [-0.2, 0) is 0 Å². The topological polar surface area (TPSA) is 6.48 Å². The Morgan fingerprint density at radius 3 is 2.07 bits per heavy atom. The van der Waals surface area contributed by atoms with Gasteiger partial charge in [0, 0.05) is 32.2 Å². The number of halogens is 1. The van der Waals surface area contributed by atoms with Crippen LogP contribution in [0.5, 0.6) is 0 Å². The largest absolute Gasteiger partial charge is 0.301 e. The van der Waals surface area contributed by atoms with Crippen molar-refractivity contribution in [1.29, 1.82) is 0 Å². The molecule has 0 aromatic rings. The molecule has 2 fully saturated rings. The molecule has 0 aromatic heterocycles. The molecule has 2 nitrogen and oxygen atoms in total. The third-order valence-electron chi connectivity index (χ3n) is 3.95. The van der Waals surface area contributed by atoms with Crippen molar-refractivity contribution in [2.45, 2.75) is 45.1 Å². The van der Waals surface area contributed by atoms with E-state index in [0.29, 0.717) is 0 Å². The maximum absolute atomic E-state index is 2.74. The fourth-order valence-corrected chi connectivity index (χ4v) is 2.89. The Balaban J connectivity index is 0.00000112. The van der Waals surface area contributed by atoms with Gasteiger partial charge >= 0.3 is 0 Å². The number of likely N-dealkylation sites (N-methyl/N-ethyl adjacent to an activating group) is 1. The Labute approximate surface area is 100 Å². The molecule has 0 bridgehead atoms. The zero-order chi connectivity index (χ0) is 9.80. The molecule has 1 aliphatic heterocycles. The number of rotatable bonds is 2. The molecule has 0 N–H and O–H groups in total. The van der Waals surface area contributed by atoms with Crippen molar-refractivity contribution in [3.8, 4) is 0 Å². The Hall–Kier alpha value is 0.210. The minimum absolute atomic E-state index is 0. The van der Waals surface area contributed by atoms with E-state index in [0.717, 1.165) is 6.04 Å². The average Bonchev–Trinajstić information content (AvgIpc) is 2.30. The summed E-state index contributed by atoms with van der Waals surface area (Å²) < 4.78 is 0. The Morgan fingerprint density at radius 2 is 1.53 bits per heavy atom. The summed E-state index contributed by atoms with van der Waals surface area (Å²) in [5.74, 6) is 0. The number of hydrogen-bond donors (Lipinski definition) is 0. The van der Waals surface area contributed by atoms with E-state index < -0.39 is 0 Å². The van der Waals surface area contributed by atoms with Crippen LogP contribution in [0.1, 0.15) is 39.0 Å². The van der Waals surface area contributed by atoms with Crippen LogP contribution in [0.3, 0.4) is 0 Å². The Kier molecular flexibility index (Phi) is 5.95. The summed E-state index contributed by atoms with van der Waals surface area (Å²) in [4.78, 5) is 5.31. The van der Waals surface area contributed by atoms with E-state index in [-0.39, 0.29) is 12.4 Å². The Morgan fingerprint density at radius 1 is 0.933 bits per heavy atom. The summed E-state index contributed by atoms with van der Waals surface area (Å²) in [6, 6.07) is 0.933. The molecule has 0 spiro atoms. The van der Waals surface area contributed by atoms with Crippen molar-refractivity contribution in [2.75, 3.05) is 32.7 Å². The first kappa shape index (κ1) is 13.3. The average molecular weight is 233 g/mol. The van der Waals surface area contributed by atoms with E-state index in [9.17, 15) is 0 Å². The highest BCUT2D eigenvalue weighted by atomic mass is 35.5. The maximum atomic E-state index is 2.74. The van der Waals surface area contributed by atoms with Crippen molar-refractivity contribution >= 4 is 12.4 Å². The zero-order valence-corrected chi connectivity index (χ0v) is 10.8. The van der Waals surface area contributed by atoms with Crippen LogP contribution in [-0.4, -0.2) is 48.6 Å². The predicted octanol–water partition coefficient (Wildman–Crippen LogP) is 2.38. The SMILES string of the molecule is CCN1CCN(C2CCCCC2)CC1.Cl. The minimum atomic E-state index is 0. The van der Waals surface area contributed by atoms with Gasteiger partial charge in [-0.3, -0.25) is 4.90 Å². The molecule has 0 amide bonds. The van der Waals surface area contributed by atoms with Crippen LogP contribution >= 0.6 is 12.4 Å². The lowest BCUT2D eigenvalue weighted by Gasteiger charge is -2.40. The standard InChI is InChI=1S/C12H24N2.ClH/c1-2-13-8-10-14(11-9-13)12-6-4-3-5-7-12;/h12H,2-11H2,1H3;1H. The highest BCUT2D eigenvalue weighted by Gasteiger charge is 2.24. The lowest BCUT2D eigenvalue weighted by Crippen LogP contribution is -2.50. The first-order valence-electron chi connectivity index (χ1n) is 6.36. The molecule has 90 valence electrons. The van der Waals surface area contributed by atoms with E-state index in [1.165, 1.54) is 64.8 Å². The monoisotopic (exact) mass is 232 g/mol. The molecule has 1 aliphatic carbocycles. The maximum Gasteiger partial charge on any atom is 0.0113 e. The second kappa shape index (κ2) is 6.72. The highest BCUT2D eigenvalue weighted by Crippen LogP contribution is 2.23. The van der Waals surface area contributed by atoms with Gasteiger partial charge in [-0.25, -0.2) is 0 Å². The molecule has 1 saturated carbocycles. The molecule has 2 rings (SSSR count). The first-order valence-corrected chi connectivity index (χ1v) is 6.36. The van der Waals surface area contributed by atoms with Crippen molar-refractivity contribution < 1.29 is 0 Å². The summed E-state index contributed by atoms with van der Waals surface area (Å²) in [7, 11) is 0. The summed E-state index contributed by atoms with van der Waals surface area (Å²) in [6.45, 7) is 8.74. The highest BCUT2D eigenvalue weighted by molar-refractivity contribution is 5.85. The molecule has 3 heteroatoms. The van der Waals surface area contributed by atoms with Gasteiger partial charge in [-0.1, -0.05) is 26.2 Å². The van der Waals surface area contributed by atoms with Crippen molar-refractivity contribution in [1.82, 2.24) is 9.80 Å². The van der Waals surface area contributed by atoms with Gasteiger partial charge in [0.2, 0.25) is 0 Å². The van der Waals surface area contributed by atoms with Crippen LogP contribution in [0.15, 0.2) is 0 Å². The predicted molar refractivity (Wildman–Crippen MR) is 67.8 cm³/mol. The lowest BCUT2D eigenvalue weighted by atomic mass is 9.94. The first-order chi connectivity index (χ1) is 6.90. The van der Waals surface area contributed by atoms with Gasteiger partial charge in [-0.05, 0) is 19.4 Å². The normalized spacial score (nSPS) is 26.2. The number of piperazine rings is 1. The lowest BCUT2D eigenvalue weighted by molar-refractivity contribution is 0.0817. The van der Waals surface area contributed by atoms with Crippen LogP contribution < -0.4 is 0 Å². The van der Waals surface area contributed by atoms with E-state index in [4.69, 9.17) is 0 Å². The van der Waals surface area contributed by atoms with E-state index in [1.54, 1.807) is 0 Å². The molecule has 1 heterocycles. The smallest absolute Gasteiger partial charge is 0.0113 e. The third-order valence-corrected chi connectivity index (χ3v) is 3.95. The van der Waals surface area contributed by atoms with Crippen LogP contribution in [0.2, 0.25) is 0 Å². The minimum Gasteiger partial charge on any atom is -0.301 e. The van der Waals surface area contributed by atoms with E-state index in [2.05, 4.69) is 16.7 Å². The van der Waals surface area contributed by atoms with Crippen molar-refractivity contribution in [3.63, 3.8) is 0 Å². The number of nitrogens with zero attached hydrogens (tertiary/aromatic N) is 2. The molecule has 0 radical (unpaired) electrons. The molecule has 0 atom stereocenters. The van der Waals surface area contributed by atoms with Gasteiger partial charge in [-0.2, -0.15) is 0 Å². The summed E-state index contributed by atoms with van der Waals surface area (Å²) in [5, 5.41) is 0. The second-order valence-electron chi connectivity index (χ2n) is 4.76. The molecule has 0 unspecified atom stereocenters. The summed E-state index contributed by atoms with van der Waals surface area (Å²) in [6.07, 6.45) is 7.35. The zero-order valence-electron chi connectivity index (χ0n) is 9.95. The quantitative estimate of drug-likeness (QED) is 0.722. The fourth-order valence-electron chi connectivity index (χ4n) is 2.89. The molecule has 15 heavy (non-hydrogen) atoms. The summed E-state index contributed by atoms with van der Waals surface area (Å²) >= 11 is 0. The van der Waals surface area contributed by atoms with Crippen LogP contribution in [0.25, 0.3) is 0 Å². The van der Waals surface area contributed by atoms with Gasteiger partial charge in [0.1, 0.15) is 0 Å². The molecular formula is C12H25ClN2. The second-order valence-corrected chi connectivity index (χ2v) is 4.76. The molecular weight excluding hydrogens is 208 g/mol. The van der Waals surface area contributed by atoms with Gasteiger partial charge < -0.3 is 4.90 Å². The molecule has 1 saturated heterocycles. The van der Waals surface area contributed by atoms with Crippen molar-refractivity contribution in [3.05, 3.63) is 0 Å². The van der Waals surface area contributed by atoms with Gasteiger partial charge in [-0.15, -0.1) is 12.4 Å². The number of hydrogen-bond acceptors (Lipinski definition) is 2. The van der Waals surface area contributed by atoms with Crippen molar-refractivity contribution in [2.24, 2.45) is 0 Å². The van der Waals surface area contributed by atoms with Crippen LogP contribution in [0.4, 0.5) is 0 Å². The molecule has 0 aromatic carbocycles. The van der Waals surface area contributed by atoms with Gasteiger partial charge in [0.05, 0.1) is 0 Å². The fraction of sp³-hybridized carbons (Fsp3) is 1.00. The van der Waals surface area contributed by atoms with Gasteiger partial charge in [0.25, 0.3) is 0 Å². The Bertz CT molecular complexity index is 161. The molecule has 2 aliphatic rings.